The van der Waals surface area contributed by atoms with E-state index in [1.165, 1.54) is 0 Å². The van der Waals surface area contributed by atoms with Gasteiger partial charge in [-0.1, -0.05) is 0 Å². The number of rotatable bonds is 4. The molecule has 1 fully saturated rings. The average molecular weight is 270 g/mol. The smallest absolute Gasteiger partial charge is 0.224 e. The van der Waals surface area contributed by atoms with Crippen molar-refractivity contribution in [2.24, 2.45) is 0 Å². The van der Waals surface area contributed by atoms with Crippen LogP contribution in [0.15, 0.2) is 12.1 Å². The Morgan fingerprint density at radius 3 is 2.90 bits per heavy atom. The average Bonchev–Trinajstić information content (AvgIpc) is 3.25. The molecule has 1 heterocycles. The molecule has 0 bridgehead atoms. The molecule has 0 saturated heterocycles. The fourth-order valence-corrected chi connectivity index (χ4v) is 2.74. The van der Waals surface area contributed by atoms with E-state index in [1.807, 2.05) is 12.1 Å². The number of hydrogen-bond donors (Lipinski definition) is 2. The number of amides is 1. The molecule has 1 aromatic carbocycles. The Balaban J connectivity index is 1.93. The van der Waals surface area contributed by atoms with E-state index in [4.69, 9.17) is 11.0 Å². The van der Waals surface area contributed by atoms with Gasteiger partial charge in [0.2, 0.25) is 5.91 Å². The second-order valence-corrected chi connectivity index (χ2v) is 5.45. The lowest BCUT2D eigenvalue weighted by Crippen LogP contribution is -2.28. The van der Waals surface area contributed by atoms with Crippen LogP contribution in [0.2, 0.25) is 0 Å². The highest BCUT2D eigenvalue weighted by molar-refractivity contribution is 5.95. The minimum atomic E-state index is 0.0585. The van der Waals surface area contributed by atoms with Crippen molar-refractivity contribution in [3.63, 3.8) is 0 Å². The van der Waals surface area contributed by atoms with Crippen LogP contribution < -0.4 is 16.0 Å². The number of nitriles is 1. The maximum absolute atomic E-state index is 11.5. The predicted octanol–water partition coefficient (Wildman–Crippen LogP) is 2.04. The number of nitrogens with two attached hydrogens (primary N) is 1. The molecule has 3 rings (SSSR count). The summed E-state index contributed by atoms with van der Waals surface area (Å²) in [5.74, 6) is 0.0585. The third-order valence-corrected chi connectivity index (χ3v) is 3.91. The summed E-state index contributed by atoms with van der Waals surface area (Å²) < 4.78 is 0. The van der Waals surface area contributed by atoms with Crippen LogP contribution in [0.3, 0.4) is 0 Å². The number of hydrogen-bond acceptors (Lipinski definition) is 4. The van der Waals surface area contributed by atoms with Crippen molar-refractivity contribution in [1.29, 1.82) is 5.26 Å². The van der Waals surface area contributed by atoms with Gasteiger partial charge in [0.15, 0.2) is 0 Å². The largest absolute Gasteiger partial charge is 0.397 e. The molecule has 1 saturated carbocycles. The van der Waals surface area contributed by atoms with Crippen LogP contribution in [0.5, 0.6) is 0 Å². The topological polar surface area (TPSA) is 82.2 Å². The van der Waals surface area contributed by atoms with Crippen LogP contribution in [0, 0.1) is 11.3 Å². The van der Waals surface area contributed by atoms with Crippen molar-refractivity contribution in [2.75, 3.05) is 22.5 Å². The first-order chi connectivity index (χ1) is 9.69. The third-order valence-electron chi connectivity index (χ3n) is 3.91. The maximum atomic E-state index is 11.5. The van der Waals surface area contributed by atoms with Crippen LogP contribution in [0.1, 0.15) is 31.2 Å². The van der Waals surface area contributed by atoms with E-state index in [0.717, 1.165) is 41.9 Å². The summed E-state index contributed by atoms with van der Waals surface area (Å²) in [5, 5.41) is 11.7. The quantitative estimate of drug-likeness (QED) is 0.820. The van der Waals surface area contributed by atoms with Gasteiger partial charge in [-0.2, -0.15) is 5.26 Å². The van der Waals surface area contributed by atoms with Gasteiger partial charge < -0.3 is 16.0 Å². The lowest BCUT2D eigenvalue weighted by Gasteiger charge is -2.28. The Morgan fingerprint density at radius 2 is 2.20 bits per heavy atom. The zero-order chi connectivity index (χ0) is 14.1. The predicted molar refractivity (Wildman–Crippen MR) is 78.4 cm³/mol. The number of carbonyl (C=O) groups excluding carboxylic acids is 1. The summed E-state index contributed by atoms with van der Waals surface area (Å²) >= 11 is 0. The molecule has 1 aromatic rings. The van der Waals surface area contributed by atoms with Crippen LogP contribution in [0.4, 0.5) is 17.1 Å². The number of nitrogen functional groups attached to an aromatic ring is 1. The molecule has 1 aliphatic carbocycles. The van der Waals surface area contributed by atoms with Gasteiger partial charge in [-0.3, -0.25) is 4.79 Å². The van der Waals surface area contributed by atoms with Gasteiger partial charge in [-0.15, -0.1) is 0 Å². The normalized spacial score (nSPS) is 17.1. The van der Waals surface area contributed by atoms with Gasteiger partial charge in [0.1, 0.15) is 0 Å². The van der Waals surface area contributed by atoms with Gasteiger partial charge in [-0.05, 0) is 37.0 Å². The highest BCUT2D eigenvalue weighted by Gasteiger charge is 2.30. The van der Waals surface area contributed by atoms with Gasteiger partial charge >= 0.3 is 0 Å². The first-order valence-corrected chi connectivity index (χ1v) is 7.05. The number of anilines is 3. The highest BCUT2D eigenvalue weighted by Crippen LogP contribution is 2.38. The van der Waals surface area contributed by atoms with E-state index < -0.39 is 0 Å². The zero-order valence-corrected chi connectivity index (χ0v) is 11.4. The first kappa shape index (κ1) is 12.8. The van der Waals surface area contributed by atoms with E-state index in [-0.39, 0.29) is 5.91 Å². The molecule has 0 radical (unpaired) electrons. The van der Waals surface area contributed by atoms with Crippen LogP contribution in [-0.4, -0.2) is 18.5 Å². The van der Waals surface area contributed by atoms with Gasteiger partial charge in [0, 0.05) is 24.7 Å². The van der Waals surface area contributed by atoms with Crippen molar-refractivity contribution in [3.05, 3.63) is 17.7 Å². The zero-order valence-electron chi connectivity index (χ0n) is 11.4. The Labute approximate surface area is 118 Å². The molecule has 20 heavy (non-hydrogen) atoms. The summed E-state index contributed by atoms with van der Waals surface area (Å²) in [5.41, 5.74) is 9.84. The van der Waals surface area contributed by atoms with Crippen LogP contribution >= 0.6 is 0 Å². The number of nitrogens with zero attached hydrogens (tertiary/aromatic N) is 2. The highest BCUT2D eigenvalue weighted by atomic mass is 16.1. The number of aryl methyl sites for hydroxylation is 1. The fourth-order valence-electron chi connectivity index (χ4n) is 2.74. The standard InChI is InChI=1S/C15H18N4O/c16-6-1-7-19(11-3-4-11)14-9-13-10(8-12(14)17)2-5-15(20)18-13/h8-9,11H,1-5,7,17H2,(H,18,20). The summed E-state index contributed by atoms with van der Waals surface area (Å²) in [7, 11) is 0. The molecular formula is C15H18N4O. The van der Waals surface area contributed by atoms with E-state index in [2.05, 4.69) is 16.3 Å². The Morgan fingerprint density at radius 1 is 1.40 bits per heavy atom. The Bertz CT molecular complexity index is 586. The second kappa shape index (κ2) is 5.04. The lowest BCUT2D eigenvalue weighted by atomic mass is 10.0. The molecular weight excluding hydrogens is 252 g/mol. The molecule has 0 unspecified atom stereocenters. The molecule has 5 nitrogen and oxygen atoms in total. The monoisotopic (exact) mass is 270 g/mol. The first-order valence-electron chi connectivity index (χ1n) is 7.05. The van der Waals surface area contributed by atoms with Crippen molar-refractivity contribution >= 4 is 23.0 Å². The molecule has 0 atom stereocenters. The number of benzene rings is 1. The van der Waals surface area contributed by atoms with Gasteiger partial charge in [0.05, 0.1) is 23.9 Å². The van der Waals surface area contributed by atoms with Gasteiger partial charge in [0.25, 0.3) is 0 Å². The van der Waals surface area contributed by atoms with Crippen molar-refractivity contribution < 1.29 is 4.79 Å². The Hall–Kier alpha value is -2.22. The summed E-state index contributed by atoms with van der Waals surface area (Å²) in [6, 6.07) is 6.61. The van der Waals surface area contributed by atoms with Gasteiger partial charge in [-0.25, -0.2) is 0 Å². The maximum Gasteiger partial charge on any atom is 0.224 e. The molecule has 5 heteroatoms. The minimum Gasteiger partial charge on any atom is -0.397 e. The van der Waals surface area contributed by atoms with Crippen LogP contribution in [-0.2, 0) is 11.2 Å². The number of fused-ring (bicyclic) bond motifs is 1. The SMILES string of the molecule is N#CCCN(c1cc2c(cc1N)CCC(=O)N2)C1CC1. The summed E-state index contributed by atoms with van der Waals surface area (Å²) in [6.45, 7) is 0.693. The molecule has 104 valence electrons. The van der Waals surface area contributed by atoms with Crippen molar-refractivity contribution in [2.45, 2.75) is 38.1 Å². The van der Waals surface area contributed by atoms with Crippen molar-refractivity contribution in [3.8, 4) is 6.07 Å². The van der Waals surface area contributed by atoms with E-state index >= 15 is 0 Å². The molecule has 0 aromatic heterocycles. The molecule has 1 aliphatic heterocycles. The van der Waals surface area contributed by atoms with Crippen molar-refractivity contribution in [1.82, 2.24) is 0 Å². The molecule has 0 spiro atoms. The third kappa shape index (κ3) is 2.42. The number of carbonyl (C=O) groups is 1. The van der Waals surface area contributed by atoms with E-state index in [0.29, 0.717) is 25.4 Å². The number of nitrogens with one attached hydrogen (secondary N) is 1. The van der Waals surface area contributed by atoms with E-state index in [9.17, 15) is 4.79 Å². The summed E-state index contributed by atoms with van der Waals surface area (Å²) in [4.78, 5) is 13.7. The minimum absolute atomic E-state index is 0.0585. The van der Waals surface area contributed by atoms with Crippen LogP contribution in [0.25, 0.3) is 0 Å². The summed E-state index contributed by atoms with van der Waals surface area (Å²) in [6.07, 6.45) is 4.04. The van der Waals surface area contributed by atoms with E-state index in [1.54, 1.807) is 0 Å². The molecule has 1 amide bonds. The molecule has 3 N–H and O–H groups in total. The lowest BCUT2D eigenvalue weighted by molar-refractivity contribution is -0.116. The second-order valence-electron chi connectivity index (χ2n) is 5.45. The molecule has 2 aliphatic rings. The Kier molecular flexibility index (Phi) is 3.23. The fraction of sp³-hybridized carbons (Fsp3) is 0.467.